The van der Waals surface area contributed by atoms with Crippen molar-refractivity contribution in [2.75, 3.05) is 12.8 Å². The lowest BCUT2D eigenvalue weighted by Gasteiger charge is -2.16. The van der Waals surface area contributed by atoms with E-state index < -0.39 is 0 Å². The smallest absolute Gasteiger partial charge is 0.251 e. The van der Waals surface area contributed by atoms with Crippen LogP contribution in [0.25, 0.3) is 0 Å². The molecule has 0 spiro atoms. The van der Waals surface area contributed by atoms with E-state index >= 15 is 0 Å². The minimum Gasteiger partial charge on any atom is -0.489 e. The summed E-state index contributed by atoms with van der Waals surface area (Å²) in [6.45, 7) is 4.24. The number of hydrogen-bond donors (Lipinski definition) is 2. The molecule has 20 heavy (non-hydrogen) atoms. The molecular formula is C16H26N2O2. The Labute approximate surface area is 121 Å². The second-order valence-electron chi connectivity index (χ2n) is 5.11. The van der Waals surface area contributed by atoms with E-state index in [0.29, 0.717) is 17.0 Å². The molecule has 112 valence electrons. The summed E-state index contributed by atoms with van der Waals surface area (Å²) in [7, 11) is 1.61. The summed E-state index contributed by atoms with van der Waals surface area (Å²) < 4.78 is 5.86. The first-order valence-corrected chi connectivity index (χ1v) is 7.36. The van der Waals surface area contributed by atoms with Crippen LogP contribution in [0, 0.1) is 0 Å². The SMILES string of the molecule is CCCCCCC(C)Oc1cc(C(=O)NC)ccc1N. The molecule has 0 fully saturated rings. The van der Waals surface area contributed by atoms with Crippen molar-refractivity contribution < 1.29 is 9.53 Å². The lowest BCUT2D eigenvalue weighted by molar-refractivity contribution is 0.0962. The molecule has 3 N–H and O–H groups in total. The van der Waals surface area contributed by atoms with Crippen molar-refractivity contribution in [2.45, 2.75) is 52.1 Å². The van der Waals surface area contributed by atoms with Crippen LogP contribution in [-0.2, 0) is 0 Å². The summed E-state index contributed by atoms with van der Waals surface area (Å²) in [5, 5.41) is 2.59. The largest absolute Gasteiger partial charge is 0.489 e. The number of carbonyl (C=O) groups is 1. The van der Waals surface area contributed by atoms with Crippen molar-refractivity contribution in [2.24, 2.45) is 0 Å². The highest BCUT2D eigenvalue weighted by Gasteiger charge is 2.10. The number of carbonyl (C=O) groups excluding carboxylic acids is 1. The molecule has 0 radical (unpaired) electrons. The summed E-state index contributed by atoms with van der Waals surface area (Å²) in [5.41, 5.74) is 7.03. The molecular weight excluding hydrogens is 252 g/mol. The van der Waals surface area contributed by atoms with Gasteiger partial charge in [-0.2, -0.15) is 0 Å². The molecule has 0 aromatic heterocycles. The fourth-order valence-corrected chi connectivity index (χ4v) is 2.06. The number of ether oxygens (including phenoxy) is 1. The zero-order valence-electron chi connectivity index (χ0n) is 12.7. The van der Waals surface area contributed by atoms with Gasteiger partial charge in [0.2, 0.25) is 0 Å². The van der Waals surface area contributed by atoms with Crippen LogP contribution in [0.1, 0.15) is 56.3 Å². The number of anilines is 1. The van der Waals surface area contributed by atoms with E-state index in [1.807, 2.05) is 6.92 Å². The first kappa shape index (κ1) is 16.3. The molecule has 1 aromatic rings. The molecule has 1 unspecified atom stereocenters. The molecule has 0 saturated heterocycles. The van der Waals surface area contributed by atoms with Crippen molar-refractivity contribution in [3.05, 3.63) is 23.8 Å². The summed E-state index contributed by atoms with van der Waals surface area (Å²) >= 11 is 0. The molecule has 1 amide bonds. The summed E-state index contributed by atoms with van der Waals surface area (Å²) in [5.74, 6) is 0.458. The van der Waals surface area contributed by atoms with E-state index in [1.165, 1.54) is 19.3 Å². The zero-order chi connectivity index (χ0) is 15.0. The number of nitrogen functional groups attached to an aromatic ring is 1. The highest BCUT2D eigenvalue weighted by atomic mass is 16.5. The predicted molar refractivity (Wildman–Crippen MR) is 83.1 cm³/mol. The van der Waals surface area contributed by atoms with E-state index in [0.717, 1.165) is 12.8 Å². The molecule has 1 atom stereocenters. The maximum Gasteiger partial charge on any atom is 0.251 e. The highest BCUT2D eigenvalue weighted by molar-refractivity contribution is 5.95. The van der Waals surface area contributed by atoms with Gasteiger partial charge in [-0.25, -0.2) is 0 Å². The van der Waals surface area contributed by atoms with E-state index in [-0.39, 0.29) is 12.0 Å². The standard InChI is InChI=1S/C16H26N2O2/c1-4-5-6-7-8-12(2)20-15-11-13(16(19)18-3)9-10-14(15)17/h9-12H,4-8,17H2,1-3H3,(H,18,19). The van der Waals surface area contributed by atoms with Gasteiger partial charge in [0.25, 0.3) is 5.91 Å². The van der Waals surface area contributed by atoms with Gasteiger partial charge in [-0.15, -0.1) is 0 Å². The van der Waals surface area contributed by atoms with Gasteiger partial charge in [0.15, 0.2) is 0 Å². The van der Waals surface area contributed by atoms with E-state index in [1.54, 1.807) is 25.2 Å². The minimum absolute atomic E-state index is 0.106. The molecule has 0 aliphatic heterocycles. The highest BCUT2D eigenvalue weighted by Crippen LogP contribution is 2.25. The number of hydrogen-bond acceptors (Lipinski definition) is 3. The molecule has 0 heterocycles. The van der Waals surface area contributed by atoms with Crippen molar-refractivity contribution in [3.8, 4) is 5.75 Å². The Morgan fingerprint density at radius 1 is 1.35 bits per heavy atom. The topological polar surface area (TPSA) is 64.3 Å². The fourth-order valence-electron chi connectivity index (χ4n) is 2.06. The Kier molecular flexibility index (Phi) is 6.91. The summed E-state index contributed by atoms with van der Waals surface area (Å²) in [6.07, 6.45) is 6.00. The Balaban J connectivity index is 2.59. The van der Waals surface area contributed by atoms with E-state index in [2.05, 4.69) is 12.2 Å². The van der Waals surface area contributed by atoms with Gasteiger partial charge in [-0.05, 0) is 38.0 Å². The number of unbranched alkanes of at least 4 members (excludes halogenated alkanes) is 3. The molecule has 4 nitrogen and oxygen atoms in total. The number of amides is 1. The average molecular weight is 278 g/mol. The predicted octanol–water partition coefficient (Wildman–Crippen LogP) is 3.37. The Morgan fingerprint density at radius 3 is 2.75 bits per heavy atom. The third-order valence-electron chi connectivity index (χ3n) is 3.30. The van der Waals surface area contributed by atoms with Crippen LogP contribution in [0.3, 0.4) is 0 Å². The maximum absolute atomic E-state index is 11.6. The molecule has 4 heteroatoms. The van der Waals surface area contributed by atoms with Crippen LogP contribution in [0.15, 0.2) is 18.2 Å². The third-order valence-corrected chi connectivity index (χ3v) is 3.30. The number of nitrogens with two attached hydrogens (primary N) is 1. The lowest BCUT2D eigenvalue weighted by Crippen LogP contribution is -2.18. The van der Waals surface area contributed by atoms with Gasteiger partial charge >= 0.3 is 0 Å². The van der Waals surface area contributed by atoms with Crippen molar-refractivity contribution >= 4 is 11.6 Å². The van der Waals surface area contributed by atoms with Gasteiger partial charge in [0.1, 0.15) is 5.75 Å². The van der Waals surface area contributed by atoms with Crippen molar-refractivity contribution in [1.29, 1.82) is 0 Å². The van der Waals surface area contributed by atoms with Crippen molar-refractivity contribution in [3.63, 3.8) is 0 Å². The van der Waals surface area contributed by atoms with Gasteiger partial charge in [-0.1, -0.05) is 26.2 Å². The molecule has 0 aliphatic carbocycles. The lowest BCUT2D eigenvalue weighted by atomic mass is 10.1. The van der Waals surface area contributed by atoms with E-state index in [4.69, 9.17) is 10.5 Å². The van der Waals surface area contributed by atoms with Gasteiger partial charge < -0.3 is 15.8 Å². The molecule has 0 bridgehead atoms. The van der Waals surface area contributed by atoms with Crippen LogP contribution >= 0.6 is 0 Å². The second-order valence-corrected chi connectivity index (χ2v) is 5.11. The molecule has 0 saturated carbocycles. The number of benzene rings is 1. The van der Waals surface area contributed by atoms with Crippen LogP contribution < -0.4 is 15.8 Å². The first-order valence-electron chi connectivity index (χ1n) is 7.36. The van der Waals surface area contributed by atoms with Gasteiger partial charge in [0, 0.05) is 12.6 Å². The van der Waals surface area contributed by atoms with Crippen molar-refractivity contribution in [1.82, 2.24) is 5.32 Å². The van der Waals surface area contributed by atoms with Crippen LogP contribution in [-0.4, -0.2) is 19.1 Å². The minimum atomic E-state index is -0.134. The maximum atomic E-state index is 11.6. The molecule has 1 aromatic carbocycles. The summed E-state index contributed by atoms with van der Waals surface area (Å²) in [6, 6.07) is 5.12. The van der Waals surface area contributed by atoms with Crippen LogP contribution in [0.2, 0.25) is 0 Å². The zero-order valence-corrected chi connectivity index (χ0v) is 12.7. The monoisotopic (exact) mass is 278 g/mol. The molecule has 0 aliphatic rings. The van der Waals surface area contributed by atoms with E-state index in [9.17, 15) is 4.79 Å². The number of rotatable bonds is 8. The van der Waals surface area contributed by atoms with Crippen LogP contribution in [0.5, 0.6) is 5.75 Å². The first-order chi connectivity index (χ1) is 9.58. The summed E-state index contributed by atoms with van der Waals surface area (Å²) in [4.78, 5) is 11.6. The number of nitrogens with one attached hydrogen (secondary N) is 1. The van der Waals surface area contributed by atoms with Gasteiger partial charge in [-0.3, -0.25) is 4.79 Å². The average Bonchev–Trinajstić information content (AvgIpc) is 2.45. The normalized spacial score (nSPS) is 11.9. The van der Waals surface area contributed by atoms with Crippen LogP contribution in [0.4, 0.5) is 5.69 Å². The Hall–Kier alpha value is -1.71. The molecule has 1 rings (SSSR count). The van der Waals surface area contributed by atoms with Gasteiger partial charge in [0.05, 0.1) is 11.8 Å². The fraction of sp³-hybridized carbons (Fsp3) is 0.562. The third kappa shape index (κ3) is 5.11. The second kappa shape index (κ2) is 8.46. The quantitative estimate of drug-likeness (QED) is 0.566. The Morgan fingerprint density at radius 2 is 2.10 bits per heavy atom. The Bertz CT molecular complexity index is 432.